The summed E-state index contributed by atoms with van der Waals surface area (Å²) in [6, 6.07) is 6.70. The van der Waals surface area contributed by atoms with E-state index in [2.05, 4.69) is 0 Å². The Morgan fingerprint density at radius 2 is 1.62 bits per heavy atom. The van der Waals surface area contributed by atoms with Crippen LogP contribution in [0.4, 0.5) is 8.78 Å². The van der Waals surface area contributed by atoms with Crippen molar-refractivity contribution >= 4 is 11.0 Å². The molecule has 0 spiro atoms. The highest BCUT2D eigenvalue weighted by Gasteiger charge is 2.16. The highest BCUT2D eigenvalue weighted by Crippen LogP contribution is 2.39. The molecule has 3 aromatic rings. The lowest BCUT2D eigenvalue weighted by Crippen LogP contribution is -1.89. The van der Waals surface area contributed by atoms with Crippen molar-refractivity contribution in [2.75, 3.05) is 14.2 Å². The zero-order valence-electron chi connectivity index (χ0n) is 11.4. The molecular formula is C16H12F2O3. The van der Waals surface area contributed by atoms with Crippen molar-refractivity contribution in [3.63, 3.8) is 0 Å². The lowest BCUT2D eigenvalue weighted by Gasteiger charge is -2.07. The van der Waals surface area contributed by atoms with Crippen LogP contribution in [0.2, 0.25) is 0 Å². The summed E-state index contributed by atoms with van der Waals surface area (Å²) in [5, 5.41) is 0.642. The number of furan rings is 1. The monoisotopic (exact) mass is 290 g/mol. The molecule has 0 unspecified atom stereocenters. The van der Waals surface area contributed by atoms with E-state index in [1.54, 1.807) is 12.1 Å². The van der Waals surface area contributed by atoms with Crippen LogP contribution >= 0.6 is 0 Å². The van der Waals surface area contributed by atoms with E-state index in [1.165, 1.54) is 32.6 Å². The van der Waals surface area contributed by atoms with Gasteiger partial charge in [0.05, 0.1) is 25.9 Å². The first-order chi connectivity index (χ1) is 10.1. The minimum Gasteiger partial charge on any atom is -0.496 e. The average Bonchev–Trinajstić information content (AvgIpc) is 2.89. The molecule has 2 aromatic carbocycles. The van der Waals surface area contributed by atoms with Crippen molar-refractivity contribution in [2.24, 2.45) is 0 Å². The van der Waals surface area contributed by atoms with Crippen molar-refractivity contribution < 1.29 is 22.7 Å². The van der Waals surface area contributed by atoms with E-state index in [0.717, 1.165) is 6.07 Å². The first-order valence-corrected chi connectivity index (χ1v) is 6.22. The van der Waals surface area contributed by atoms with Crippen molar-refractivity contribution in [2.45, 2.75) is 0 Å². The molecule has 1 aromatic heterocycles. The predicted molar refractivity (Wildman–Crippen MR) is 74.7 cm³/mol. The normalized spacial score (nSPS) is 10.9. The van der Waals surface area contributed by atoms with Gasteiger partial charge in [-0.3, -0.25) is 0 Å². The molecule has 108 valence electrons. The fraction of sp³-hybridized carbons (Fsp3) is 0.125. The van der Waals surface area contributed by atoms with E-state index < -0.39 is 11.6 Å². The second-order valence-corrected chi connectivity index (χ2v) is 4.51. The van der Waals surface area contributed by atoms with Crippen LogP contribution in [0.5, 0.6) is 11.5 Å². The summed E-state index contributed by atoms with van der Waals surface area (Å²) in [5.74, 6) is -0.206. The fourth-order valence-electron chi connectivity index (χ4n) is 2.31. The molecule has 1 heterocycles. The summed E-state index contributed by atoms with van der Waals surface area (Å²) in [5.41, 5.74) is 1.46. The molecule has 0 radical (unpaired) electrons. The Hall–Kier alpha value is -2.56. The van der Waals surface area contributed by atoms with Gasteiger partial charge in [0.1, 0.15) is 28.7 Å². The number of ether oxygens (including phenoxy) is 2. The molecule has 0 aliphatic rings. The lowest BCUT2D eigenvalue weighted by atomic mass is 10.0. The second kappa shape index (κ2) is 5.09. The zero-order valence-corrected chi connectivity index (χ0v) is 11.4. The molecule has 5 heteroatoms. The molecule has 0 bridgehead atoms. The molecule has 0 N–H and O–H groups in total. The van der Waals surface area contributed by atoms with Crippen molar-refractivity contribution in [3.05, 3.63) is 48.2 Å². The molecule has 0 atom stereocenters. The van der Waals surface area contributed by atoms with Gasteiger partial charge in [-0.1, -0.05) is 0 Å². The Kier molecular flexibility index (Phi) is 3.25. The molecule has 3 rings (SSSR count). The Bertz CT molecular complexity index is 788. The standard InChI is InChI=1S/C16H12F2O3/c1-19-12-6-14(20-2)16-13(8-21-15(16)7-12)9-3-10(17)5-11(18)4-9/h3-8H,1-2H3. The maximum Gasteiger partial charge on any atom is 0.141 e. The molecule has 0 aliphatic carbocycles. The van der Waals surface area contributed by atoms with Crippen LogP contribution in [0.25, 0.3) is 22.1 Å². The Morgan fingerprint density at radius 1 is 0.905 bits per heavy atom. The third kappa shape index (κ3) is 2.31. The molecule has 21 heavy (non-hydrogen) atoms. The minimum absolute atomic E-state index is 0.384. The van der Waals surface area contributed by atoms with Crippen LogP contribution in [0.3, 0.4) is 0 Å². The van der Waals surface area contributed by atoms with E-state index in [-0.39, 0.29) is 0 Å². The highest BCUT2D eigenvalue weighted by atomic mass is 19.1. The fourth-order valence-corrected chi connectivity index (χ4v) is 2.31. The molecule has 0 aliphatic heterocycles. The van der Waals surface area contributed by atoms with Gasteiger partial charge < -0.3 is 13.9 Å². The SMILES string of the molecule is COc1cc(OC)c2c(-c3cc(F)cc(F)c3)coc2c1. The summed E-state index contributed by atoms with van der Waals surface area (Å²) < 4.78 is 42.7. The van der Waals surface area contributed by atoms with Gasteiger partial charge in [0.2, 0.25) is 0 Å². The maximum atomic E-state index is 13.4. The quantitative estimate of drug-likeness (QED) is 0.716. The van der Waals surface area contributed by atoms with Crippen LogP contribution in [-0.2, 0) is 0 Å². The summed E-state index contributed by atoms with van der Waals surface area (Å²) in [7, 11) is 3.05. The molecule has 0 fully saturated rings. The van der Waals surface area contributed by atoms with Crippen LogP contribution in [0.1, 0.15) is 0 Å². The topological polar surface area (TPSA) is 31.6 Å². The van der Waals surface area contributed by atoms with E-state index in [1.807, 2.05) is 0 Å². The van der Waals surface area contributed by atoms with Gasteiger partial charge in [0, 0.05) is 23.8 Å². The van der Waals surface area contributed by atoms with E-state index in [4.69, 9.17) is 13.9 Å². The van der Waals surface area contributed by atoms with Crippen molar-refractivity contribution in [1.82, 2.24) is 0 Å². The molecule has 0 saturated carbocycles. The van der Waals surface area contributed by atoms with Gasteiger partial charge in [-0.15, -0.1) is 0 Å². The summed E-state index contributed by atoms with van der Waals surface area (Å²) in [6.45, 7) is 0. The Morgan fingerprint density at radius 3 is 2.24 bits per heavy atom. The second-order valence-electron chi connectivity index (χ2n) is 4.51. The summed E-state index contributed by atoms with van der Waals surface area (Å²) >= 11 is 0. The number of hydrogen-bond donors (Lipinski definition) is 0. The van der Waals surface area contributed by atoms with Crippen LogP contribution in [0, 0.1) is 11.6 Å². The first-order valence-electron chi connectivity index (χ1n) is 6.22. The molecule has 0 saturated heterocycles. The predicted octanol–water partition coefficient (Wildman–Crippen LogP) is 4.40. The highest BCUT2D eigenvalue weighted by molar-refractivity contribution is 5.99. The number of rotatable bonds is 3. The van der Waals surface area contributed by atoms with Crippen molar-refractivity contribution in [3.8, 4) is 22.6 Å². The van der Waals surface area contributed by atoms with E-state index >= 15 is 0 Å². The number of benzene rings is 2. The first kappa shape index (κ1) is 13.4. The van der Waals surface area contributed by atoms with E-state index in [0.29, 0.717) is 33.6 Å². The largest absolute Gasteiger partial charge is 0.496 e. The third-order valence-electron chi connectivity index (χ3n) is 3.24. The van der Waals surface area contributed by atoms with Crippen LogP contribution in [-0.4, -0.2) is 14.2 Å². The average molecular weight is 290 g/mol. The van der Waals surface area contributed by atoms with Crippen LogP contribution < -0.4 is 9.47 Å². The van der Waals surface area contributed by atoms with Gasteiger partial charge >= 0.3 is 0 Å². The van der Waals surface area contributed by atoms with Gasteiger partial charge in [0.15, 0.2) is 0 Å². The molecule has 0 amide bonds. The smallest absolute Gasteiger partial charge is 0.141 e. The zero-order chi connectivity index (χ0) is 15.0. The number of halogens is 2. The Labute approximate surface area is 119 Å². The van der Waals surface area contributed by atoms with Crippen molar-refractivity contribution in [1.29, 1.82) is 0 Å². The summed E-state index contributed by atoms with van der Waals surface area (Å²) in [6.07, 6.45) is 1.45. The third-order valence-corrected chi connectivity index (χ3v) is 3.24. The summed E-state index contributed by atoms with van der Waals surface area (Å²) in [4.78, 5) is 0. The Balaban J connectivity index is 2.28. The molecule has 3 nitrogen and oxygen atoms in total. The lowest BCUT2D eigenvalue weighted by molar-refractivity contribution is 0.397. The number of fused-ring (bicyclic) bond motifs is 1. The number of methoxy groups -OCH3 is 2. The van der Waals surface area contributed by atoms with Gasteiger partial charge in [0.25, 0.3) is 0 Å². The van der Waals surface area contributed by atoms with Gasteiger partial charge in [-0.25, -0.2) is 8.78 Å². The number of hydrogen-bond acceptors (Lipinski definition) is 3. The van der Waals surface area contributed by atoms with Crippen LogP contribution in [0.15, 0.2) is 41.0 Å². The van der Waals surface area contributed by atoms with Gasteiger partial charge in [-0.05, 0) is 17.7 Å². The van der Waals surface area contributed by atoms with Gasteiger partial charge in [-0.2, -0.15) is 0 Å². The maximum absolute atomic E-state index is 13.4. The molecular weight excluding hydrogens is 278 g/mol. The minimum atomic E-state index is -0.646. The van der Waals surface area contributed by atoms with E-state index in [9.17, 15) is 8.78 Å².